The summed E-state index contributed by atoms with van der Waals surface area (Å²) in [4.78, 5) is 37.2. The molecule has 0 aliphatic heterocycles. The highest BCUT2D eigenvalue weighted by molar-refractivity contribution is 5.98. The van der Waals surface area contributed by atoms with Gasteiger partial charge in [-0.3, -0.25) is 14.4 Å². The van der Waals surface area contributed by atoms with Gasteiger partial charge in [0.2, 0.25) is 11.8 Å². The van der Waals surface area contributed by atoms with Crippen LogP contribution >= 0.6 is 0 Å². The molecular weight excluding hydrogens is 466 g/mol. The number of rotatable bonds is 7. The first-order chi connectivity index (χ1) is 16.5. The standard InChI is InChI=1S/C25H33F4N3O3/c1-15-20(26)12-18(23(34)30-14-25(27,28)29)13-21(15)32-24(35)17-7-9-19(10-8-17)31-22(33)11-16-5-3-2-4-6-16/h12-13,16-17,19H,2-11,14H2,1H3,(H,30,34)(H,31,33)(H,32,35). The smallest absolute Gasteiger partial charge is 0.353 e. The zero-order chi connectivity index (χ0) is 25.6. The van der Waals surface area contributed by atoms with Crippen molar-refractivity contribution in [1.82, 2.24) is 10.6 Å². The van der Waals surface area contributed by atoms with Gasteiger partial charge in [0.1, 0.15) is 12.4 Å². The molecule has 2 aliphatic carbocycles. The molecule has 0 spiro atoms. The second-order valence-electron chi connectivity index (χ2n) is 9.74. The third kappa shape index (κ3) is 8.21. The summed E-state index contributed by atoms with van der Waals surface area (Å²) in [6, 6.07) is 2.05. The molecule has 35 heavy (non-hydrogen) atoms. The number of hydrogen-bond acceptors (Lipinski definition) is 3. The largest absolute Gasteiger partial charge is 0.405 e. The van der Waals surface area contributed by atoms with Crippen molar-refractivity contribution in [3.05, 3.63) is 29.1 Å². The minimum Gasteiger partial charge on any atom is -0.353 e. The molecule has 0 saturated heterocycles. The van der Waals surface area contributed by atoms with Gasteiger partial charge in [0.25, 0.3) is 5.91 Å². The maximum absolute atomic E-state index is 14.3. The second kappa shape index (κ2) is 11.9. The van der Waals surface area contributed by atoms with Crippen molar-refractivity contribution in [1.29, 1.82) is 0 Å². The Morgan fingerprint density at radius 1 is 0.971 bits per heavy atom. The molecule has 0 unspecified atom stereocenters. The molecule has 3 amide bonds. The topological polar surface area (TPSA) is 87.3 Å². The Bertz CT molecular complexity index is 921. The molecule has 2 saturated carbocycles. The third-order valence-electron chi connectivity index (χ3n) is 6.98. The number of alkyl halides is 3. The van der Waals surface area contributed by atoms with Gasteiger partial charge in [-0.15, -0.1) is 0 Å². The number of benzene rings is 1. The van der Waals surface area contributed by atoms with Crippen LogP contribution in [-0.4, -0.2) is 36.5 Å². The van der Waals surface area contributed by atoms with Crippen LogP contribution < -0.4 is 16.0 Å². The lowest BCUT2D eigenvalue weighted by Crippen LogP contribution is -2.40. The lowest BCUT2D eigenvalue weighted by molar-refractivity contribution is -0.124. The van der Waals surface area contributed by atoms with Crippen LogP contribution in [0, 0.1) is 24.6 Å². The molecule has 2 aliphatic rings. The van der Waals surface area contributed by atoms with Crippen molar-refractivity contribution in [2.75, 3.05) is 11.9 Å². The molecule has 1 aromatic rings. The van der Waals surface area contributed by atoms with E-state index in [1.165, 1.54) is 32.3 Å². The van der Waals surface area contributed by atoms with Gasteiger partial charge >= 0.3 is 6.18 Å². The highest BCUT2D eigenvalue weighted by Crippen LogP contribution is 2.29. The summed E-state index contributed by atoms with van der Waals surface area (Å²) in [5.74, 6) is -2.04. The number of hydrogen-bond donors (Lipinski definition) is 3. The highest BCUT2D eigenvalue weighted by atomic mass is 19.4. The zero-order valence-corrected chi connectivity index (χ0v) is 19.9. The minimum absolute atomic E-state index is 0.0231. The van der Waals surface area contributed by atoms with Crippen LogP contribution in [0.2, 0.25) is 0 Å². The average molecular weight is 500 g/mol. The predicted octanol–water partition coefficient (Wildman–Crippen LogP) is 5.01. The van der Waals surface area contributed by atoms with Gasteiger partial charge in [-0.1, -0.05) is 19.3 Å². The van der Waals surface area contributed by atoms with Crippen LogP contribution in [0.15, 0.2) is 12.1 Å². The molecule has 3 rings (SSSR count). The lowest BCUT2D eigenvalue weighted by atomic mass is 9.84. The van der Waals surface area contributed by atoms with Crippen LogP contribution in [0.25, 0.3) is 0 Å². The molecule has 1 aromatic carbocycles. The fourth-order valence-corrected chi connectivity index (χ4v) is 4.90. The Morgan fingerprint density at radius 2 is 1.63 bits per heavy atom. The van der Waals surface area contributed by atoms with Gasteiger partial charge in [-0.05, 0) is 63.5 Å². The number of carbonyl (C=O) groups is 3. The van der Waals surface area contributed by atoms with E-state index in [1.54, 1.807) is 5.32 Å². The zero-order valence-electron chi connectivity index (χ0n) is 19.9. The summed E-state index contributed by atoms with van der Waals surface area (Å²) in [5.41, 5.74) is -0.165. The molecule has 194 valence electrons. The molecule has 0 bridgehead atoms. The van der Waals surface area contributed by atoms with Gasteiger partial charge in [-0.25, -0.2) is 4.39 Å². The Labute approximate surface area is 202 Å². The van der Waals surface area contributed by atoms with E-state index in [2.05, 4.69) is 10.6 Å². The summed E-state index contributed by atoms with van der Waals surface area (Å²) >= 11 is 0. The van der Waals surface area contributed by atoms with E-state index in [-0.39, 0.29) is 40.6 Å². The first-order valence-corrected chi connectivity index (χ1v) is 12.3. The summed E-state index contributed by atoms with van der Waals surface area (Å²) < 4.78 is 51.4. The molecule has 6 nitrogen and oxygen atoms in total. The summed E-state index contributed by atoms with van der Waals surface area (Å²) in [6.45, 7) is -0.120. The predicted molar refractivity (Wildman–Crippen MR) is 123 cm³/mol. The summed E-state index contributed by atoms with van der Waals surface area (Å²) in [7, 11) is 0. The SMILES string of the molecule is Cc1c(F)cc(C(=O)NCC(F)(F)F)cc1NC(=O)C1CCC(NC(=O)CC2CCCCC2)CC1. The number of amides is 3. The first kappa shape index (κ1) is 26.9. The Kier molecular flexibility index (Phi) is 9.13. The Morgan fingerprint density at radius 3 is 2.26 bits per heavy atom. The number of carbonyl (C=O) groups excluding carboxylic acids is 3. The Balaban J connectivity index is 1.51. The fourth-order valence-electron chi connectivity index (χ4n) is 4.90. The number of nitrogens with one attached hydrogen (secondary N) is 3. The maximum atomic E-state index is 14.3. The summed E-state index contributed by atoms with van der Waals surface area (Å²) in [6.07, 6.45) is 4.18. The number of halogens is 4. The van der Waals surface area contributed by atoms with Crippen molar-refractivity contribution in [2.24, 2.45) is 11.8 Å². The molecule has 0 atom stereocenters. The van der Waals surface area contributed by atoms with E-state index < -0.39 is 24.4 Å². The highest BCUT2D eigenvalue weighted by Gasteiger charge is 2.30. The van der Waals surface area contributed by atoms with E-state index in [1.807, 2.05) is 0 Å². The van der Waals surface area contributed by atoms with Crippen molar-refractivity contribution in [2.45, 2.75) is 83.4 Å². The lowest BCUT2D eigenvalue weighted by Gasteiger charge is -2.29. The van der Waals surface area contributed by atoms with E-state index in [9.17, 15) is 31.9 Å². The van der Waals surface area contributed by atoms with E-state index >= 15 is 0 Å². The van der Waals surface area contributed by atoms with Crippen LogP contribution in [0.1, 0.15) is 80.1 Å². The summed E-state index contributed by atoms with van der Waals surface area (Å²) in [5, 5.41) is 7.42. The van der Waals surface area contributed by atoms with Crippen molar-refractivity contribution >= 4 is 23.4 Å². The molecule has 0 aromatic heterocycles. The monoisotopic (exact) mass is 499 g/mol. The van der Waals surface area contributed by atoms with Crippen molar-refractivity contribution in [3.63, 3.8) is 0 Å². The Hall–Kier alpha value is -2.65. The quantitative estimate of drug-likeness (QED) is 0.461. The second-order valence-corrected chi connectivity index (χ2v) is 9.74. The van der Waals surface area contributed by atoms with Gasteiger partial charge < -0.3 is 16.0 Å². The molecule has 2 fully saturated rings. The first-order valence-electron chi connectivity index (χ1n) is 12.3. The van der Waals surface area contributed by atoms with Crippen LogP contribution in [0.4, 0.5) is 23.2 Å². The van der Waals surface area contributed by atoms with Gasteiger partial charge in [0.05, 0.1) is 0 Å². The fraction of sp³-hybridized carbons (Fsp3) is 0.640. The molecule has 0 radical (unpaired) electrons. The van der Waals surface area contributed by atoms with Gasteiger partial charge in [-0.2, -0.15) is 13.2 Å². The van der Waals surface area contributed by atoms with Crippen LogP contribution in [0.3, 0.4) is 0 Å². The molecule has 0 heterocycles. The molecule has 10 heteroatoms. The third-order valence-corrected chi connectivity index (χ3v) is 6.98. The van der Waals surface area contributed by atoms with Crippen LogP contribution in [0.5, 0.6) is 0 Å². The normalized spacial score (nSPS) is 21.3. The van der Waals surface area contributed by atoms with Crippen LogP contribution in [-0.2, 0) is 9.59 Å². The van der Waals surface area contributed by atoms with Gasteiger partial charge in [0.15, 0.2) is 0 Å². The average Bonchev–Trinajstić information content (AvgIpc) is 2.80. The maximum Gasteiger partial charge on any atom is 0.405 e. The minimum atomic E-state index is -4.59. The van der Waals surface area contributed by atoms with E-state index in [0.29, 0.717) is 38.0 Å². The molecule has 3 N–H and O–H groups in total. The van der Waals surface area contributed by atoms with E-state index in [4.69, 9.17) is 0 Å². The van der Waals surface area contributed by atoms with Crippen molar-refractivity contribution in [3.8, 4) is 0 Å². The number of anilines is 1. The van der Waals surface area contributed by atoms with E-state index in [0.717, 1.165) is 18.9 Å². The molecular formula is C25H33F4N3O3. The van der Waals surface area contributed by atoms with Gasteiger partial charge in [0, 0.05) is 35.2 Å². The van der Waals surface area contributed by atoms with Crippen molar-refractivity contribution < 1.29 is 31.9 Å².